The van der Waals surface area contributed by atoms with Crippen LogP contribution in [0.25, 0.3) is 0 Å². The molecule has 1 fully saturated rings. The van der Waals surface area contributed by atoms with E-state index in [2.05, 4.69) is 9.47 Å². The first-order chi connectivity index (χ1) is 5.69. The van der Waals surface area contributed by atoms with Crippen LogP contribution in [-0.4, -0.2) is 53.0 Å². The Bertz CT molecular complexity index is 169. The zero-order valence-electron chi connectivity index (χ0n) is 6.21. The van der Waals surface area contributed by atoms with Gasteiger partial charge in [0.25, 0.3) is 0 Å². The summed E-state index contributed by atoms with van der Waals surface area (Å²) < 4.78 is 8.95. The first-order valence-electron chi connectivity index (χ1n) is 3.46. The van der Waals surface area contributed by atoms with Gasteiger partial charge in [-0.2, -0.15) is 0 Å². The van der Waals surface area contributed by atoms with Crippen LogP contribution in [0.2, 0.25) is 0 Å². The number of carbonyl (C=O) groups is 1. The van der Waals surface area contributed by atoms with E-state index < -0.39 is 37.7 Å². The van der Waals surface area contributed by atoms with E-state index in [1.807, 2.05) is 0 Å². The van der Waals surface area contributed by atoms with Gasteiger partial charge in [-0.05, 0) is 0 Å². The maximum atomic E-state index is 10.5. The van der Waals surface area contributed by atoms with Crippen LogP contribution in [0.3, 0.4) is 0 Å². The van der Waals surface area contributed by atoms with Crippen LogP contribution in [0.15, 0.2) is 0 Å². The fourth-order valence-corrected chi connectivity index (χ4v) is 0.977. The van der Waals surface area contributed by atoms with Crippen molar-refractivity contribution in [3.63, 3.8) is 0 Å². The van der Waals surface area contributed by atoms with Gasteiger partial charge in [-0.25, -0.2) is 4.79 Å². The second-order valence-corrected chi connectivity index (χ2v) is 2.42. The lowest BCUT2D eigenvalue weighted by Crippen LogP contribution is -2.39. The SMILES string of the molecule is O=C1OC(CO)C(C(O)CO)O1. The average molecular weight is 178 g/mol. The second-order valence-electron chi connectivity index (χ2n) is 2.42. The number of cyclic esters (lactones) is 2. The molecule has 0 bridgehead atoms. The van der Waals surface area contributed by atoms with Crippen LogP contribution in [-0.2, 0) is 9.47 Å². The number of rotatable bonds is 3. The minimum Gasteiger partial charge on any atom is -0.424 e. The van der Waals surface area contributed by atoms with Crippen LogP contribution in [0.4, 0.5) is 4.79 Å². The molecule has 0 saturated carbocycles. The Morgan fingerprint density at radius 2 is 2.08 bits per heavy atom. The molecule has 1 aliphatic rings. The van der Waals surface area contributed by atoms with Crippen LogP contribution in [0.5, 0.6) is 0 Å². The highest BCUT2D eigenvalue weighted by atomic mass is 16.8. The maximum absolute atomic E-state index is 10.5. The fourth-order valence-electron chi connectivity index (χ4n) is 0.977. The summed E-state index contributed by atoms with van der Waals surface area (Å²) in [5.74, 6) is 0. The molecule has 0 aliphatic carbocycles. The molecule has 0 aromatic carbocycles. The number of hydrogen-bond acceptors (Lipinski definition) is 6. The molecule has 0 aromatic heterocycles. The molecule has 1 aliphatic heterocycles. The van der Waals surface area contributed by atoms with E-state index in [-0.39, 0.29) is 0 Å². The summed E-state index contributed by atoms with van der Waals surface area (Å²) in [5, 5.41) is 26.2. The van der Waals surface area contributed by atoms with Gasteiger partial charge in [0.1, 0.15) is 6.10 Å². The van der Waals surface area contributed by atoms with Crippen molar-refractivity contribution in [3.8, 4) is 0 Å². The minimum atomic E-state index is -1.21. The first-order valence-corrected chi connectivity index (χ1v) is 3.46. The van der Waals surface area contributed by atoms with Gasteiger partial charge in [0, 0.05) is 0 Å². The van der Waals surface area contributed by atoms with Crippen LogP contribution >= 0.6 is 0 Å². The highest BCUT2D eigenvalue weighted by Crippen LogP contribution is 2.17. The van der Waals surface area contributed by atoms with Crippen molar-refractivity contribution in [1.29, 1.82) is 0 Å². The van der Waals surface area contributed by atoms with E-state index in [9.17, 15) is 4.79 Å². The highest BCUT2D eigenvalue weighted by molar-refractivity contribution is 5.62. The minimum absolute atomic E-state index is 0.437. The average Bonchev–Trinajstić information content (AvgIpc) is 2.45. The van der Waals surface area contributed by atoms with Crippen molar-refractivity contribution >= 4 is 6.16 Å². The Morgan fingerprint density at radius 1 is 1.42 bits per heavy atom. The van der Waals surface area contributed by atoms with Gasteiger partial charge in [-0.1, -0.05) is 0 Å². The largest absolute Gasteiger partial charge is 0.509 e. The molecule has 0 aromatic rings. The van der Waals surface area contributed by atoms with E-state index >= 15 is 0 Å². The third kappa shape index (κ3) is 1.66. The summed E-state index contributed by atoms with van der Waals surface area (Å²) in [7, 11) is 0. The topological polar surface area (TPSA) is 96.2 Å². The standard InChI is InChI=1S/C6H10O6/c7-1-3(9)5-4(2-8)11-6(10)12-5/h3-5,7-9H,1-2H2. The Kier molecular flexibility index (Phi) is 2.85. The molecule has 0 radical (unpaired) electrons. The van der Waals surface area contributed by atoms with Crippen LogP contribution in [0.1, 0.15) is 0 Å². The Labute approximate surface area is 68.3 Å². The van der Waals surface area contributed by atoms with Gasteiger partial charge in [0.05, 0.1) is 13.2 Å². The number of aliphatic hydroxyl groups is 3. The van der Waals surface area contributed by atoms with E-state index in [0.29, 0.717) is 0 Å². The van der Waals surface area contributed by atoms with Gasteiger partial charge in [-0.3, -0.25) is 0 Å². The zero-order chi connectivity index (χ0) is 9.14. The van der Waals surface area contributed by atoms with Gasteiger partial charge < -0.3 is 24.8 Å². The Morgan fingerprint density at radius 3 is 2.58 bits per heavy atom. The molecule has 1 heterocycles. The summed E-state index contributed by atoms with van der Waals surface area (Å²) >= 11 is 0. The lowest BCUT2D eigenvalue weighted by Gasteiger charge is -2.16. The van der Waals surface area contributed by atoms with Crippen molar-refractivity contribution in [1.82, 2.24) is 0 Å². The predicted molar refractivity (Wildman–Crippen MR) is 35.3 cm³/mol. The lowest BCUT2D eigenvalue weighted by molar-refractivity contribution is -0.0282. The summed E-state index contributed by atoms with van der Waals surface area (Å²) in [5.41, 5.74) is 0. The first kappa shape index (κ1) is 9.24. The van der Waals surface area contributed by atoms with Crippen LogP contribution in [0, 0.1) is 0 Å². The number of carbonyl (C=O) groups excluding carboxylic acids is 1. The molecule has 6 nitrogen and oxygen atoms in total. The van der Waals surface area contributed by atoms with Gasteiger partial charge in [-0.15, -0.1) is 0 Å². The van der Waals surface area contributed by atoms with E-state index in [1.54, 1.807) is 0 Å². The molecule has 12 heavy (non-hydrogen) atoms. The van der Waals surface area contributed by atoms with Crippen molar-refractivity contribution in [2.45, 2.75) is 18.3 Å². The summed E-state index contributed by atoms with van der Waals surface area (Å²) in [4.78, 5) is 10.5. The smallest absolute Gasteiger partial charge is 0.424 e. The van der Waals surface area contributed by atoms with Gasteiger partial charge in [0.2, 0.25) is 0 Å². The second kappa shape index (κ2) is 3.70. The quantitative estimate of drug-likeness (QED) is 0.443. The van der Waals surface area contributed by atoms with Crippen molar-refractivity contribution in [3.05, 3.63) is 0 Å². The van der Waals surface area contributed by atoms with Crippen molar-refractivity contribution in [2.75, 3.05) is 13.2 Å². The normalized spacial score (nSPS) is 31.1. The Hall–Kier alpha value is -0.850. The monoisotopic (exact) mass is 178 g/mol. The van der Waals surface area contributed by atoms with Crippen LogP contribution < -0.4 is 0 Å². The van der Waals surface area contributed by atoms with Crippen molar-refractivity contribution in [2.24, 2.45) is 0 Å². The third-order valence-corrected chi connectivity index (χ3v) is 1.59. The number of ether oxygens (including phenoxy) is 2. The zero-order valence-corrected chi connectivity index (χ0v) is 6.21. The molecule has 1 saturated heterocycles. The Balaban J connectivity index is 2.56. The fraction of sp³-hybridized carbons (Fsp3) is 0.833. The molecular weight excluding hydrogens is 168 g/mol. The molecule has 6 heteroatoms. The van der Waals surface area contributed by atoms with E-state index in [4.69, 9.17) is 15.3 Å². The molecule has 0 spiro atoms. The number of aliphatic hydroxyl groups excluding tert-OH is 3. The molecule has 70 valence electrons. The molecule has 3 N–H and O–H groups in total. The molecule has 0 amide bonds. The maximum Gasteiger partial charge on any atom is 0.509 e. The summed E-state index contributed by atoms with van der Waals surface area (Å²) in [6.45, 7) is -0.981. The van der Waals surface area contributed by atoms with E-state index in [1.165, 1.54) is 0 Å². The molecule has 1 rings (SSSR count). The van der Waals surface area contributed by atoms with Gasteiger partial charge in [0.15, 0.2) is 12.2 Å². The molecular formula is C6H10O6. The van der Waals surface area contributed by atoms with E-state index in [0.717, 1.165) is 0 Å². The van der Waals surface area contributed by atoms with Crippen molar-refractivity contribution < 1.29 is 29.6 Å². The number of hydrogen-bond donors (Lipinski definition) is 3. The molecule has 3 atom stereocenters. The predicted octanol–water partition coefficient (Wildman–Crippen LogP) is -1.76. The highest BCUT2D eigenvalue weighted by Gasteiger charge is 2.40. The third-order valence-electron chi connectivity index (χ3n) is 1.59. The summed E-state index contributed by atoms with van der Waals surface area (Å²) in [6.07, 6.45) is -4.02. The lowest BCUT2D eigenvalue weighted by atomic mass is 10.1. The van der Waals surface area contributed by atoms with Gasteiger partial charge >= 0.3 is 6.16 Å². The summed E-state index contributed by atoms with van der Waals surface area (Å²) in [6, 6.07) is 0. The molecule has 3 unspecified atom stereocenters.